The molecule has 0 amide bonds. The van der Waals surface area contributed by atoms with Gasteiger partial charge in [-0.3, -0.25) is 4.79 Å². The van der Waals surface area contributed by atoms with Crippen molar-refractivity contribution in [1.82, 2.24) is 0 Å². The average Bonchev–Trinajstić information content (AvgIpc) is 2.37. The smallest absolute Gasteiger partial charge is 0.318 e. The Morgan fingerprint density at radius 2 is 2.16 bits per heavy atom. The number of ether oxygens (including phenoxy) is 3. The van der Waals surface area contributed by atoms with Gasteiger partial charge in [-0.15, -0.1) is 0 Å². The highest BCUT2D eigenvalue weighted by molar-refractivity contribution is 5.79. The molecule has 2 rings (SSSR count). The Labute approximate surface area is 112 Å². The van der Waals surface area contributed by atoms with E-state index in [9.17, 15) is 4.79 Å². The summed E-state index contributed by atoms with van der Waals surface area (Å²) in [4.78, 5) is 11.7. The van der Waals surface area contributed by atoms with Crippen LogP contribution in [0.1, 0.15) is 5.56 Å². The Balaban J connectivity index is 2.02. The first-order valence-corrected chi connectivity index (χ1v) is 6.16. The maximum Gasteiger partial charge on any atom is 0.318 e. The van der Waals surface area contributed by atoms with Crippen LogP contribution in [0.4, 0.5) is 5.69 Å². The predicted molar refractivity (Wildman–Crippen MR) is 71.5 cm³/mol. The molecule has 104 valence electrons. The van der Waals surface area contributed by atoms with E-state index in [1.165, 1.54) is 7.11 Å². The summed E-state index contributed by atoms with van der Waals surface area (Å²) in [6.45, 7) is 3.29. The molecule has 1 heterocycles. The zero-order chi connectivity index (χ0) is 13.9. The highest BCUT2D eigenvalue weighted by atomic mass is 16.5. The summed E-state index contributed by atoms with van der Waals surface area (Å²) in [7, 11) is 3.05. The zero-order valence-electron chi connectivity index (χ0n) is 11.5. The second kappa shape index (κ2) is 5.48. The summed E-state index contributed by atoms with van der Waals surface area (Å²) in [5.74, 6) is 0.622. The molecular formula is C14H19NO4. The Bertz CT molecular complexity index is 469. The topological polar surface area (TPSA) is 56.8 Å². The molecule has 0 radical (unpaired) electrons. The van der Waals surface area contributed by atoms with Crippen molar-refractivity contribution in [2.45, 2.75) is 6.92 Å². The molecule has 0 saturated carbocycles. The van der Waals surface area contributed by atoms with Gasteiger partial charge in [0.15, 0.2) is 0 Å². The molecule has 1 aromatic carbocycles. The monoisotopic (exact) mass is 265 g/mol. The van der Waals surface area contributed by atoms with E-state index in [1.807, 2.05) is 25.1 Å². The van der Waals surface area contributed by atoms with E-state index in [0.29, 0.717) is 19.8 Å². The maximum atomic E-state index is 11.7. The molecule has 19 heavy (non-hydrogen) atoms. The molecule has 1 N–H and O–H groups in total. The lowest BCUT2D eigenvalue weighted by Crippen LogP contribution is -2.54. The molecule has 1 saturated heterocycles. The van der Waals surface area contributed by atoms with Crippen LogP contribution < -0.4 is 10.1 Å². The zero-order valence-corrected chi connectivity index (χ0v) is 11.5. The molecule has 0 spiro atoms. The second-order valence-corrected chi connectivity index (χ2v) is 4.80. The highest BCUT2D eigenvalue weighted by Crippen LogP contribution is 2.30. The molecule has 0 unspecified atom stereocenters. The Morgan fingerprint density at radius 3 is 2.63 bits per heavy atom. The van der Waals surface area contributed by atoms with Gasteiger partial charge in [0, 0.05) is 12.2 Å². The van der Waals surface area contributed by atoms with Crippen LogP contribution in [-0.4, -0.2) is 39.9 Å². The summed E-state index contributed by atoms with van der Waals surface area (Å²) in [6, 6.07) is 5.82. The van der Waals surface area contributed by atoms with E-state index in [0.717, 1.165) is 17.0 Å². The fraction of sp³-hybridized carbons (Fsp3) is 0.500. The SMILES string of the molecule is COC(=O)C1(CNc2ccc(OC)c(C)c2)COC1. The van der Waals surface area contributed by atoms with Crippen LogP contribution in [0.3, 0.4) is 0 Å². The average molecular weight is 265 g/mol. The van der Waals surface area contributed by atoms with Gasteiger partial charge in [0.2, 0.25) is 0 Å². The third kappa shape index (κ3) is 2.66. The van der Waals surface area contributed by atoms with E-state index < -0.39 is 5.41 Å². The van der Waals surface area contributed by atoms with Crippen LogP contribution in [0, 0.1) is 12.3 Å². The molecule has 0 atom stereocenters. The normalized spacial score (nSPS) is 16.4. The predicted octanol–water partition coefficient (Wildman–Crippen LogP) is 1.61. The largest absolute Gasteiger partial charge is 0.496 e. The van der Waals surface area contributed by atoms with Gasteiger partial charge in [-0.1, -0.05) is 0 Å². The molecule has 5 nitrogen and oxygen atoms in total. The van der Waals surface area contributed by atoms with Crippen LogP contribution >= 0.6 is 0 Å². The number of carbonyl (C=O) groups excluding carboxylic acids is 1. The first kappa shape index (κ1) is 13.7. The summed E-state index contributed by atoms with van der Waals surface area (Å²) in [6.07, 6.45) is 0. The number of nitrogens with one attached hydrogen (secondary N) is 1. The van der Waals surface area contributed by atoms with Crippen molar-refractivity contribution in [1.29, 1.82) is 0 Å². The molecular weight excluding hydrogens is 246 g/mol. The molecule has 5 heteroatoms. The second-order valence-electron chi connectivity index (χ2n) is 4.80. The number of benzene rings is 1. The van der Waals surface area contributed by atoms with Crippen molar-refractivity contribution in [2.24, 2.45) is 5.41 Å². The first-order valence-electron chi connectivity index (χ1n) is 6.16. The van der Waals surface area contributed by atoms with E-state index >= 15 is 0 Å². The van der Waals surface area contributed by atoms with Gasteiger partial charge >= 0.3 is 5.97 Å². The first-order chi connectivity index (χ1) is 9.11. The Kier molecular flexibility index (Phi) is 3.95. The Hall–Kier alpha value is -1.75. The molecule has 1 aliphatic heterocycles. The standard InChI is InChI=1S/C14H19NO4/c1-10-6-11(4-5-12(10)17-2)15-7-14(8-19-9-14)13(16)18-3/h4-6,15H,7-9H2,1-3H3. The fourth-order valence-corrected chi connectivity index (χ4v) is 2.12. The minimum Gasteiger partial charge on any atom is -0.496 e. The number of anilines is 1. The van der Waals surface area contributed by atoms with Crippen LogP contribution in [0.25, 0.3) is 0 Å². The molecule has 1 fully saturated rings. The number of hydrogen-bond donors (Lipinski definition) is 1. The minimum absolute atomic E-state index is 0.225. The van der Waals surface area contributed by atoms with Gasteiger partial charge in [-0.05, 0) is 30.7 Å². The van der Waals surface area contributed by atoms with Gasteiger partial charge in [-0.25, -0.2) is 0 Å². The molecule has 0 aromatic heterocycles. The quantitative estimate of drug-likeness (QED) is 0.820. The van der Waals surface area contributed by atoms with Crippen LogP contribution in [0.15, 0.2) is 18.2 Å². The lowest BCUT2D eigenvalue weighted by Gasteiger charge is -2.38. The molecule has 1 aromatic rings. The summed E-state index contributed by atoms with van der Waals surface area (Å²) >= 11 is 0. The van der Waals surface area contributed by atoms with Crippen molar-refractivity contribution < 1.29 is 19.0 Å². The van der Waals surface area contributed by atoms with E-state index in [1.54, 1.807) is 7.11 Å². The van der Waals surface area contributed by atoms with E-state index in [4.69, 9.17) is 14.2 Å². The number of esters is 1. The summed E-state index contributed by atoms with van der Waals surface area (Å²) in [5, 5.41) is 3.26. The third-order valence-corrected chi connectivity index (χ3v) is 3.40. The van der Waals surface area contributed by atoms with Crippen molar-refractivity contribution in [3.63, 3.8) is 0 Å². The Morgan fingerprint density at radius 1 is 1.42 bits per heavy atom. The van der Waals surface area contributed by atoms with Gasteiger partial charge in [0.1, 0.15) is 11.2 Å². The van der Waals surface area contributed by atoms with Crippen LogP contribution in [0.5, 0.6) is 5.75 Å². The minimum atomic E-state index is -0.553. The lowest BCUT2D eigenvalue weighted by molar-refractivity contribution is -0.180. The number of methoxy groups -OCH3 is 2. The number of carbonyl (C=O) groups is 1. The van der Waals surface area contributed by atoms with Crippen LogP contribution in [0.2, 0.25) is 0 Å². The van der Waals surface area contributed by atoms with E-state index in [-0.39, 0.29) is 5.97 Å². The van der Waals surface area contributed by atoms with Crippen molar-refractivity contribution in [2.75, 3.05) is 39.3 Å². The lowest BCUT2D eigenvalue weighted by atomic mass is 9.86. The highest BCUT2D eigenvalue weighted by Gasteiger charge is 2.47. The third-order valence-electron chi connectivity index (χ3n) is 3.40. The van der Waals surface area contributed by atoms with Gasteiger partial charge in [-0.2, -0.15) is 0 Å². The number of rotatable bonds is 5. The maximum absolute atomic E-state index is 11.7. The fourth-order valence-electron chi connectivity index (χ4n) is 2.12. The summed E-state index contributed by atoms with van der Waals surface area (Å²) in [5.41, 5.74) is 1.45. The van der Waals surface area contributed by atoms with Gasteiger partial charge < -0.3 is 19.5 Å². The number of hydrogen-bond acceptors (Lipinski definition) is 5. The van der Waals surface area contributed by atoms with Crippen molar-refractivity contribution >= 4 is 11.7 Å². The molecule has 1 aliphatic rings. The van der Waals surface area contributed by atoms with Crippen LogP contribution in [-0.2, 0) is 14.3 Å². The van der Waals surface area contributed by atoms with Crippen molar-refractivity contribution in [3.8, 4) is 5.75 Å². The van der Waals surface area contributed by atoms with Crippen molar-refractivity contribution in [3.05, 3.63) is 23.8 Å². The molecule has 0 aliphatic carbocycles. The van der Waals surface area contributed by atoms with E-state index in [2.05, 4.69) is 5.32 Å². The molecule has 0 bridgehead atoms. The summed E-state index contributed by atoms with van der Waals surface area (Å²) < 4.78 is 15.2. The number of aryl methyl sites for hydroxylation is 1. The van der Waals surface area contributed by atoms with Gasteiger partial charge in [0.25, 0.3) is 0 Å². The van der Waals surface area contributed by atoms with Gasteiger partial charge in [0.05, 0.1) is 27.4 Å².